The van der Waals surface area contributed by atoms with Crippen molar-refractivity contribution < 1.29 is 23.9 Å². The number of ether oxygens (including phenoxy) is 2. The summed E-state index contributed by atoms with van der Waals surface area (Å²) in [5.41, 5.74) is -0.732. The molecule has 3 heterocycles. The van der Waals surface area contributed by atoms with Gasteiger partial charge < -0.3 is 14.8 Å². The smallest absolute Gasteiger partial charge is 0.320 e. The highest BCUT2D eigenvalue weighted by atomic mass is 16.6. The monoisotopic (exact) mass is 239 g/mol. The van der Waals surface area contributed by atoms with E-state index in [4.69, 9.17) is 4.74 Å². The molecule has 92 valence electrons. The average molecular weight is 239 g/mol. The number of cyclic esters (lactones) is 2. The summed E-state index contributed by atoms with van der Waals surface area (Å²) in [5.74, 6) is -2.17. The van der Waals surface area contributed by atoms with Crippen LogP contribution >= 0.6 is 0 Å². The minimum absolute atomic E-state index is 0.174. The minimum Gasteiger partial charge on any atom is -0.393 e. The molecular formula is C11H13NO5. The summed E-state index contributed by atoms with van der Waals surface area (Å²) in [6, 6.07) is 0. The molecule has 0 aromatic heterocycles. The molecule has 3 saturated heterocycles. The highest BCUT2D eigenvalue weighted by molar-refractivity contribution is 5.98. The summed E-state index contributed by atoms with van der Waals surface area (Å²) in [6.07, 6.45) is 1.19. The molecule has 0 aromatic carbocycles. The van der Waals surface area contributed by atoms with Gasteiger partial charge in [-0.2, -0.15) is 0 Å². The van der Waals surface area contributed by atoms with Gasteiger partial charge in [0.2, 0.25) is 5.91 Å². The number of carbonyl (C=O) groups excluding carboxylic acids is 3. The number of amides is 1. The van der Waals surface area contributed by atoms with E-state index in [1.54, 1.807) is 0 Å². The maximum atomic E-state index is 11.7. The summed E-state index contributed by atoms with van der Waals surface area (Å²) >= 11 is 0. The van der Waals surface area contributed by atoms with Gasteiger partial charge in [-0.3, -0.25) is 14.4 Å². The largest absolute Gasteiger partial charge is 0.393 e. The lowest BCUT2D eigenvalue weighted by Crippen LogP contribution is -2.48. The normalized spacial score (nSPS) is 42.5. The van der Waals surface area contributed by atoms with Gasteiger partial charge in [0.15, 0.2) is 0 Å². The molecule has 0 aliphatic carbocycles. The third-order valence-electron chi connectivity index (χ3n) is 3.93. The molecule has 2 bridgehead atoms. The molecule has 6 nitrogen and oxygen atoms in total. The highest BCUT2D eigenvalue weighted by Crippen LogP contribution is 2.54. The third-order valence-corrected chi connectivity index (χ3v) is 3.93. The quantitative estimate of drug-likeness (QED) is 0.512. The Kier molecular flexibility index (Phi) is 2.07. The Labute approximate surface area is 97.6 Å². The van der Waals surface area contributed by atoms with Crippen LogP contribution in [0.2, 0.25) is 0 Å². The first-order valence-electron chi connectivity index (χ1n) is 5.71. The van der Waals surface area contributed by atoms with E-state index in [1.165, 1.54) is 6.92 Å². The topological polar surface area (TPSA) is 81.7 Å². The number of esters is 2. The molecule has 0 aromatic rings. The predicted molar refractivity (Wildman–Crippen MR) is 53.6 cm³/mol. The lowest BCUT2D eigenvalue weighted by molar-refractivity contribution is -0.159. The standard InChI is InChI=1S/C11H13NO5/c1-5(13)12-4-11-3-2-6(17-11)7-8(11)10(15)16-9(7)14/h6-8H,2-4H2,1H3,(H,12,13)/t6-,7?,8+,11-/m1/s1. The molecule has 6 heteroatoms. The molecule has 0 spiro atoms. The molecule has 1 N–H and O–H groups in total. The number of carbonyl (C=O) groups is 3. The highest BCUT2D eigenvalue weighted by Gasteiger charge is 2.68. The van der Waals surface area contributed by atoms with E-state index in [1.807, 2.05) is 0 Å². The second-order valence-electron chi connectivity index (χ2n) is 4.91. The molecule has 0 radical (unpaired) electrons. The van der Waals surface area contributed by atoms with Crippen LogP contribution in [-0.2, 0) is 23.9 Å². The summed E-state index contributed by atoms with van der Waals surface area (Å²) in [5, 5.41) is 2.67. The lowest BCUT2D eigenvalue weighted by Gasteiger charge is -2.29. The van der Waals surface area contributed by atoms with Crippen molar-refractivity contribution in [2.75, 3.05) is 6.54 Å². The van der Waals surface area contributed by atoms with E-state index >= 15 is 0 Å². The fourth-order valence-electron chi connectivity index (χ4n) is 3.22. The number of hydrogen-bond acceptors (Lipinski definition) is 5. The summed E-state index contributed by atoms with van der Waals surface area (Å²) in [7, 11) is 0. The van der Waals surface area contributed by atoms with E-state index in [9.17, 15) is 14.4 Å². The Morgan fingerprint density at radius 2 is 2.24 bits per heavy atom. The van der Waals surface area contributed by atoms with E-state index in [-0.39, 0.29) is 18.6 Å². The van der Waals surface area contributed by atoms with Crippen molar-refractivity contribution in [2.45, 2.75) is 31.5 Å². The fraction of sp³-hybridized carbons (Fsp3) is 0.727. The third kappa shape index (κ3) is 1.33. The van der Waals surface area contributed by atoms with Gasteiger partial charge in [-0.05, 0) is 12.8 Å². The van der Waals surface area contributed by atoms with Crippen molar-refractivity contribution >= 4 is 17.8 Å². The van der Waals surface area contributed by atoms with Gasteiger partial charge in [-0.15, -0.1) is 0 Å². The second-order valence-corrected chi connectivity index (χ2v) is 4.91. The molecule has 3 aliphatic heterocycles. The SMILES string of the molecule is CC(=O)NC[C@@]12CC[C@@H](O1)C1C(=O)OC(=O)[C@H]12. The van der Waals surface area contributed by atoms with Gasteiger partial charge >= 0.3 is 11.9 Å². The average Bonchev–Trinajstić information content (AvgIpc) is 2.88. The molecule has 0 saturated carbocycles. The number of nitrogens with one attached hydrogen (secondary N) is 1. The van der Waals surface area contributed by atoms with Crippen LogP contribution < -0.4 is 5.32 Å². The zero-order chi connectivity index (χ0) is 12.2. The first-order valence-corrected chi connectivity index (χ1v) is 5.71. The van der Waals surface area contributed by atoms with Gasteiger partial charge in [-0.25, -0.2) is 0 Å². The Balaban J connectivity index is 1.88. The van der Waals surface area contributed by atoms with E-state index in [2.05, 4.69) is 10.1 Å². The van der Waals surface area contributed by atoms with Crippen molar-refractivity contribution in [2.24, 2.45) is 11.8 Å². The van der Waals surface area contributed by atoms with Gasteiger partial charge in [0.1, 0.15) is 11.5 Å². The number of rotatable bonds is 2. The molecular weight excluding hydrogens is 226 g/mol. The van der Waals surface area contributed by atoms with Crippen LogP contribution in [0.3, 0.4) is 0 Å². The zero-order valence-electron chi connectivity index (χ0n) is 9.39. The summed E-state index contributed by atoms with van der Waals surface area (Å²) < 4.78 is 10.5. The molecule has 17 heavy (non-hydrogen) atoms. The molecule has 1 amide bonds. The van der Waals surface area contributed by atoms with Gasteiger partial charge in [0.25, 0.3) is 0 Å². The van der Waals surface area contributed by atoms with E-state index in [0.29, 0.717) is 6.42 Å². The first kappa shape index (κ1) is 10.7. The van der Waals surface area contributed by atoms with Crippen LogP contribution in [0, 0.1) is 11.8 Å². The molecule has 3 fully saturated rings. The van der Waals surface area contributed by atoms with Crippen molar-refractivity contribution in [1.82, 2.24) is 5.32 Å². The molecule has 3 rings (SSSR count). The van der Waals surface area contributed by atoms with Crippen LogP contribution in [-0.4, -0.2) is 36.1 Å². The zero-order valence-corrected chi connectivity index (χ0v) is 9.39. The van der Waals surface area contributed by atoms with Gasteiger partial charge in [0, 0.05) is 13.5 Å². The van der Waals surface area contributed by atoms with Gasteiger partial charge in [-0.1, -0.05) is 0 Å². The van der Waals surface area contributed by atoms with E-state index < -0.39 is 29.4 Å². The summed E-state index contributed by atoms with van der Waals surface area (Å²) in [6.45, 7) is 1.68. The molecule has 1 unspecified atom stereocenters. The van der Waals surface area contributed by atoms with E-state index in [0.717, 1.165) is 6.42 Å². The van der Waals surface area contributed by atoms with Gasteiger partial charge in [0.05, 0.1) is 12.0 Å². The van der Waals surface area contributed by atoms with Crippen molar-refractivity contribution in [3.05, 3.63) is 0 Å². The van der Waals surface area contributed by atoms with Crippen LogP contribution in [0.15, 0.2) is 0 Å². The maximum absolute atomic E-state index is 11.7. The Bertz CT molecular complexity index is 420. The van der Waals surface area contributed by atoms with Crippen molar-refractivity contribution in [3.63, 3.8) is 0 Å². The van der Waals surface area contributed by atoms with Crippen molar-refractivity contribution in [1.29, 1.82) is 0 Å². The first-order chi connectivity index (χ1) is 8.03. The van der Waals surface area contributed by atoms with Crippen LogP contribution in [0.5, 0.6) is 0 Å². The number of fused-ring (bicyclic) bond motifs is 5. The van der Waals surface area contributed by atoms with Crippen LogP contribution in [0.25, 0.3) is 0 Å². The molecule has 4 atom stereocenters. The predicted octanol–water partition coefficient (Wildman–Crippen LogP) is -0.630. The second kappa shape index (κ2) is 3.29. The lowest BCUT2D eigenvalue weighted by atomic mass is 9.73. The minimum atomic E-state index is -0.732. The summed E-state index contributed by atoms with van der Waals surface area (Å²) in [4.78, 5) is 34.2. The number of hydrogen-bond donors (Lipinski definition) is 1. The Morgan fingerprint density at radius 3 is 2.94 bits per heavy atom. The maximum Gasteiger partial charge on any atom is 0.320 e. The van der Waals surface area contributed by atoms with Crippen LogP contribution in [0.1, 0.15) is 19.8 Å². The van der Waals surface area contributed by atoms with Crippen molar-refractivity contribution in [3.8, 4) is 0 Å². The Morgan fingerprint density at radius 1 is 1.47 bits per heavy atom. The molecule has 3 aliphatic rings. The van der Waals surface area contributed by atoms with Crippen LogP contribution in [0.4, 0.5) is 0 Å². The Hall–Kier alpha value is -1.43. The fourth-order valence-corrected chi connectivity index (χ4v) is 3.22.